The van der Waals surface area contributed by atoms with Crippen LogP contribution >= 0.6 is 0 Å². The molecular formula is C22H38N2O4. The Hall–Kier alpha value is -1.14. The Morgan fingerprint density at radius 1 is 1.07 bits per heavy atom. The van der Waals surface area contributed by atoms with Crippen molar-refractivity contribution < 1.29 is 19.1 Å². The molecule has 2 heterocycles. The number of piperidine rings is 1. The van der Waals surface area contributed by atoms with Crippen molar-refractivity contribution in [1.29, 1.82) is 0 Å². The third-order valence-electron chi connectivity index (χ3n) is 7.03. The zero-order valence-corrected chi connectivity index (χ0v) is 17.5. The molecular weight excluding hydrogens is 356 g/mol. The van der Waals surface area contributed by atoms with Crippen LogP contribution in [0.3, 0.4) is 0 Å². The largest absolute Gasteiger partial charge is 0.385 e. The quantitative estimate of drug-likeness (QED) is 0.721. The fourth-order valence-corrected chi connectivity index (χ4v) is 5.01. The van der Waals surface area contributed by atoms with Crippen molar-refractivity contribution in [2.75, 3.05) is 40.0 Å². The van der Waals surface area contributed by atoms with E-state index >= 15 is 0 Å². The van der Waals surface area contributed by atoms with Crippen molar-refractivity contribution in [3.8, 4) is 0 Å². The maximum atomic E-state index is 12.8. The number of likely N-dealkylation sites (tertiary alicyclic amines) is 1. The molecule has 160 valence electrons. The van der Waals surface area contributed by atoms with E-state index in [0.717, 1.165) is 45.2 Å². The number of hydrogen-bond acceptors (Lipinski definition) is 4. The molecule has 0 atom stereocenters. The highest BCUT2D eigenvalue weighted by Gasteiger charge is 2.38. The van der Waals surface area contributed by atoms with E-state index < -0.39 is 0 Å². The molecule has 0 radical (unpaired) electrons. The number of rotatable bonds is 7. The molecule has 2 saturated heterocycles. The normalized spacial score (nSPS) is 24.1. The fraction of sp³-hybridized carbons (Fsp3) is 0.909. The Labute approximate surface area is 169 Å². The molecule has 0 unspecified atom stereocenters. The molecule has 1 saturated carbocycles. The lowest BCUT2D eigenvalue weighted by atomic mass is 9.82. The van der Waals surface area contributed by atoms with E-state index in [1.165, 1.54) is 32.1 Å². The minimum atomic E-state index is -0.243. The number of amides is 2. The van der Waals surface area contributed by atoms with Crippen LogP contribution in [0.15, 0.2) is 0 Å². The maximum absolute atomic E-state index is 12.8. The topological polar surface area (TPSA) is 67.9 Å². The molecule has 28 heavy (non-hydrogen) atoms. The lowest BCUT2D eigenvalue weighted by molar-refractivity contribution is -0.135. The number of carbonyl (C=O) groups is 2. The van der Waals surface area contributed by atoms with Gasteiger partial charge in [-0.25, -0.2) is 0 Å². The molecule has 1 aliphatic carbocycles. The minimum absolute atomic E-state index is 0.0548. The summed E-state index contributed by atoms with van der Waals surface area (Å²) >= 11 is 0. The molecule has 0 spiro atoms. The number of carbonyl (C=O) groups excluding carboxylic acids is 2. The summed E-state index contributed by atoms with van der Waals surface area (Å²) in [7, 11) is 1.71. The first-order chi connectivity index (χ1) is 13.6. The molecule has 0 aromatic carbocycles. The van der Waals surface area contributed by atoms with Gasteiger partial charge in [-0.3, -0.25) is 9.59 Å². The summed E-state index contributed by atoms with van der Waals surface area (Å²) in [6, 6.07) is 0. The number of methoxy groups -OCH3 is 1. The van der Waals surface area contributed by atoms with Crippen LogP contribution in [0.1, 0.15) is 70.6 Å². The zero-order valence-electron chi connectivity index (χ0n) is 17.5. The Morgan fingerprint density at radius 3 is 2.39 bits per heavy atom. The average Bonchev–Trinajstić information content (AvgIpc) is 2.74. The van der Waals surface area contributed by atoms with E-state index in [1.807, 2.05) is 4.90 Å². The van der Waals surface area contributed by atoms with Gasteiger partial charge < -0.3 is 19.7 Å². The minimum Gasteiger partial charge on any atom is -0.385 e. The van der Waals surface area contributed by atoms with Crippen molar-refractivity contribution in [3.05, 3.63) is 0 Å². The van der Waals surface area contributed by atoms with Gasteiger partial charge in [-0.1, -0.05) is 19.3 Å². The van der Waals surface area contributed by atoms with Gasteiger partial charge >= 0.3 is 0 Å². The lowest BCUT2D eigenvalue weighted by Gasteiger charge is -2.43. The van der Waals surface area contributed by atoms with Gasteiger partial charge in [0.1, 0.15) is 0 Å². The van der Waals surface area contributed by atoms with Crippen LogP contribution in [-0.2, 0) is 19.1 Å². The van der Waals surface area contributed by atoms with Crippen LogP contribution in [0.2, 0.25) is 0 Å². The van der Waals surface area contributed by atoms with Crippen LogP contribution in [-0.4, -0.2) is 62.3 Å². The van der Waals surface area contributed by atoms with E-state index in [9.17, 15) is 9.59 Å². The van der Waals surface area contributed by atoms with Crippen LogP contribution in [0.5, 0.6) is 0 Å². The maximum Gasteiger partial charge on any atom is 0.223 e. The number of nitrogens with one attached hydrogen (secondary N) is 1. The molecule has 0 aromatic heterocycles. The predicted octanol–water partition coefficient (Wildman–Crippen LogP) is 2.90. The summed E-state index contributed by atoms with van der Waals surface area (Å²) in [5, 5.41) is 3.37. The Balaban J connectivity index is 1.52. The Morgan fingerprint density at radius 2 is 1.75 bits per heavy atom. The van der Waals surface area contributed by atoms with Crippen molar-refractivity contribution in [3.63, 3.8) is 0 Å². The summed E-state index contributed by atoms with van der Waals surface area (Å²) in [5.41, 5.74) is -0.243. The summed E-state index contributed by atoms with van der Waals surface area (Å²) in [6.45, 7) is 3.45. The third kappa shape index (κ3) is 5.93. The molecule has 3 rings (SSSR count). The molecule has 6 nitrogen and oxygen atoms in total. The second-order valence-corrected chi connectivity index (χ2v) is 8.99. The van der Waals surface area contributed by atoms with Gasteiger partial charge in [0.05, 0.1) is 0 Å². The van der Waals surface area contributed by atoms with E-state index in [4.69, 9.17) is 9.47 Å². The number of ether oxygens (including phenoxy) is 2. The predicted molar refractivity (Wildman–Crippen MR) is 108 cm³/mol. The van der Waals surface area contributed by atoms with Crippen LogP contribution in [0, 0.1) is 11.8 Å². The molecule has 2 amide bonds. The highest BCUT2D eigenvalue weighted by Crippen LogP contribution is 2.30. The Bertz CT molecular complexity index is 505. The molecule has 1 N–H and O–H groups in total. The van der Waals surface area contributed by atoms with E-state index in [2.05, 4.69) is 5.32 Å². The van der Waals surface area contributed by atoms with Crippen molar-refractivity contribution >= 4 is 11.8 Å². The molecule has 0 aromatic rings. The Kier molecular flexibility index (Phi) is 8.15. The summed E-state index contributed by atoms with van der Waals surface area (Å²) in [4.78, 5) is 27.6. The van der Waals surface area contributed by atoms with Gasteiger partial charge in [0.2, 0.25) is 11.8 Å². The van der Waals surface area contributed by atoms with E-state index in [-0.39, 0.29) is 17.4 Å². The van der Waals surface area contributed by atoms with Gasteiger partial charge in [-0.2, -0.15) is 0 Å². The van der Waals surface area contributed by atoms with Gasteiger partial charge in [-0.15, -0.1) is 0 Å². The molecule has 3 fully saturated rings. The van der Waals surface area contributed by atoms with E-state index in [0.29, 0.717) is 38.1 Å². The van der Waals surface area contributed by atoms with E-state index in [1.54, 1.807) is 7.11 Å². The van der Waals surface area contributed by atoms with Gasteiger partial charge in [-0.05, 0) is 50.9 Å². The molecule has 6 heteroatoms. The van der Waals surface area contributed by atoms with Crippen LogP contribution in [0.25, 0.3) is 0 Å². The van der Waals surface area contributed by atoms with Crippen molar-refractivity contribution in [2.24, 2.45) is 11.8 Å². The first-order valence-electron chi connectivity index (χ1n) is 11.3. The summed E-state index contributed by atoms with van der Waals surface area (Å²) < 4.78 is 10.7. The third-order valence-corrected chi connectivity index (χ3v) is 7.03. The molecule has 0 bridgehead atoms. The van der Waals surface area contributed by atoms with Gasteiger partial charge in [0.15, 0.2) is 0 Å². The lowest BCUT2D eigenvalue weighted by Crippen LogP contribution is -2.58. The highest BCUT2D eigenvalue weighted by atomic mass is 16.5. The second kappa shape index (κ2) is 10.6. The van der Waals surface area contributed by atoms with Gasteiger partial charge in [0.25, 0.3) is 0 Å². The first-order valence-corrected chi connectivity index (χ1v) is 11.3. The van der Waals surface area contributed by atoms with Crippen molar-refractivity contribution in [1.82, 2.24) is 10.2 Å². The zero-order chi connectivity index (χ0) is 19.8. The van der Waals surface area contributed by atoms with Crippen LogP contribution < -0.4 is 5.32 Å². The van der Waals surface area contributed by atoms with Crippen molar-refractivity contribution in [2.45, 2.75) is 76.2 Å². The first kappa shape index (κ1) is 21.6. The SMILES string of the molecule is COCCC1(NC(=O)C2CCOCC2)CCN(C(=O)CC2CCCCC2)CC1. The smallest absolute Gasteiger partial charge is 0.223 e. The summed E-state index contributed by atoms with van der Waals surface area (Å²) in [5.74, 6) is 1.10. The second-order valence-electron chi connectivity index (χ2n) is 8.99. The molecule has 3 aliphatic rings. The van der Waals surface area contributed by atoms with Crippen LogP contribution in [0.4, 0.5) is 0 Å². The standard InChI is InChI=1S/C22H38N2O4/c1-27-16-11-22(23-21(26)19-7-14-28-15-8-19)9-12-24(13-10-22)20(25)17-18-5-3-2-4-6-18/h18-19H,2-17H2,1H3,(H,23,26). The van der Waals surface area contributed by atoms with Gasteiger partial charge in [0, 0.05) is 57.9 Å². The highest BCUT2D eigenvalue weighted by molar-refractivity contribution is 5.80. The number of hydrogen-bond donors (Lipinski definition) is 1. The number of nitrogens with zero attached hydrogens (tertiary/aromatic N) is 1. The summed E-state index contributed by atoms with van der Waals surface area (Å²) in [6.07, 6.45) is 11.1. The monoisotopic (exact) mass is 394 g/mol. The average molecular weight is 395 g/mol. The molecule has 2 aliphatic heterocycles. The fourth-order valence-electron chi connectivity index (χ4n) is 5.01.